The Morgan fingerprint density at radius 2 is 2.07 bits per heavy atom. The zero-order valence-corrected chi connectivity index (χ0v) is 16.4. The van der Waals surface area contributed by atoms with Crippen LogP contribution in [0, 0.1) is 5.41 Å². The number of rotatable bonds is 5. The van der Waals surface area contributed by atoms with Gasteiger partial charge in [0.05, 0.1) is 6.61 Å². The van der Waals surface area contributed by atoms with Gasteiger partial charge in [0.1, 0.15) is 0 Å². The van der Waals surface area contributed by atoms with Crippen LogP contribution in [0.3, 0.4) is 0 Å². The van der Waals surface area contributed by atoms with Crippen molar-refractivity contribution < 1.29 is 9.90 Å². The van der Waals surface area contributed by atoms with Gasteiger partial charge in [-0.05, 0) is 50.4 Å². The highest BCUT2D eigenvalue weighted by atomic mass is 16.3. The number of carbonyl (C=O) groups is 1. The first-order valence-electron chi connectivity index (χ1n) is 10.3. The standard InChI is InChI=1S/C22H31N3O2/c1-2-24-12-8-19-18(5-3-6-20(19)24)15-23-11-4-9-22(16-23)10-7-21(27)25(17-22)13-14-26/h3,5-6,8,12,26H,2,4,7,9-11,13-17H2,1H3/t22-/m0/s1. The highest BCUT2D eigenvalue weighted by Gasteiger charge is 2.41. The quantitative estimate of drug-likeness (QED) is 0.882. The van der Waals surface area contributed by atoms with Crippen molar-refractivity contribution in [2.24, 2.45) is 5.41 Å². The van der Waals surface area contributed by atoms with Crippen LogP contribution in [-0.4, -0.2) is 58.2 Å². The summed E-state index contributed by atoms with van der Waals surface area (Å²) in [4.78, 5) is 16.6. The molecule has 1 aromatic heterocycles. The van der Waals surface area contributed by atoms with E-state index in [4.69, 9.17) is 0 Å². The molecule has 4 rings (SSSR count). The predicted octanol–water partition coefficient (Wildman–Crippen LogP) is 2.86. The molecular formula is C22H31N3O2. The molecule has 2 fully saturated rings. The number of aliphatic hydroxyl groups is 1. The molecule has 146 valence electrons. The van der Waals surface area contributed by atoms with Crippen molar-refractivity contribution in [3.05, 3.63) is 36.0 Å². The lowest BCUT2D eigenvalue weighted by Gasteiger charge is -2.48. The van der Waals surface area contributed by atoms with Gasteiger partial charge in [-0.3, -0.25) is 9.69 Å². The smallest absolute Gasteiger partial charge is 0.222 e. The number of hydrogen-bond donors (Lipinski definition) is 1. The van der Waals surface area contributed by atoms with Gasteiger partial charge in [0.15, 0.2) is 0 Å². The van der Waals surface area contributed by atoms with Crippen LogP contribution in [0.25, 0.3) is 10.9 Å². The maximum absolute atomic E-state index is 12.2. The maximum atomic E-state index is 12.2. The average Bonchev–Trinajstić information content (AvgIpc) is 3.10. The summed E-state index contributed by atoms with van der Waals surface area (Å²) in [5, 5.41) is 10.6. The predicted molar refractivity (Wildman–Crippen MR) is 107 cm³/mol. The van der Waals surface area contributed by atoms with Crippen molar-refractivity contribution in [3.63, 3.8) is 0 Å². The molecule has 2 aliphatic rings. The van der Waals surface area contributed by atoms with Crippen molar-refractivity contribution in [3.8, 4) is 0 Å². The highest BCUT2D eigenvalue weighted by Crippen LogP contribution is 2.39. The number of likely N-dealkylation sites (tertiary alicyclic amines) is 2. The van der Waals surface area contributed by atoms with Crippen LogP contribution in [0.2, 0.25) is 0 Å². The summed E-state index contributed by atoms with van der Waals surface area (Å²) in [6.07, 6.45) is 6.18. The number of hydrogen-bond acceptors (Lipinski definition) is 3. The fourth-order valence-corrected chi connectivity index (χ4v) is 5.15. The minimum absolute atomic E-state index is 0.0575. The second-order valence-electron chi connectivity index (χ2n) is 8.30. The van der Waals surface area contributed by atoms with E-state index in [1.165, 1.54) is 29.3 Å². The monoisotopic (exact) mass is 369 g/mol. The molecule has 1 spiro atoms. The average molecular weight is 370 g/mol. The third-order valence-corrected chi connectivity index (χ3v) is 6.50. The highest BCUT2D eigenvalue weighted by molar-refractivity contribution is 5.83. The number of benzene rings is 1. The molecule has 0 aliphatic carbocycles. The summed E-state index contributed by atoms with van der Waals surface area (Å²) < 4.78 is 2.30. The Morgan fingerprint density at radius 3 is 2.89 bits per heavy atom. The lowest BCUT2D eigenvalue weighted by atomic mass is 9.73. The van der Waals surface area contributed by atoms with Crippen LogP contribution in [0.15, 0.2) is 30.5 Å². The Bertz CT molecular complexity index is 815. The third-order valence-electron chi connectivity index (χ3n) is 6.50. The molecule has 1 aromatic carbocycles. The molecule has 0 radical (unpaired) electrons. The van der Waals surface area contributed by atoms with Crippen LogP contribution >= 0.6 is 0 Å². The van der Waals surface area contributed by atoms with Gasteiger partial charge in [-0.15, -0.1) is 0 Å². The number of amides is 1. The summed E-state index contributed by atoms with van der Waals surface area (Å²) in [6.45, 7) is 7.66. The number of aromatic nitrogens is 1. The van der Waals surface area contributed by atoms with E-state index in [0.29, 0.717) is 13.0 Å². The van der Waals surface area contributed by atoms with E-state index in [1.54, 1.807) is 0 Å². The van der Waals surface area contributed by atoms with Crippen molar-refractivity contribution in [1.29, 1.82) is 0 Å². The molecule has 0 saturated carbocycles. The fraction of sp³-hybridized carbons (Fsp3) is 0.591. The van der Waals surface area contributed by atoms with Crippen LogP contribution in [0.1, 0.15) is 38.2 Å². The number of aliphatic hydroxyl groups excluding tert-OH is 1. The number of fused-ring (bicyclic) bond motifs is 1. The number of piperidine rings is 2. The SMILES string of the molecule is CCn1ccc2c(CN3CCC[C@]4(CCC(=O)N(CCO)C4)C3)cccc21. The first-order valence-corrected chi connectivity index (χ1v) is 10.3. The van der Waals surface area contributed by atoms with Crippen molar-refractivity contribution >= 4 is 16.8 Å². The molecule has 1 N–H and O–H groups in total. The van der Waals surface area contributed by atoms with Gasteiger partial charge in [-0.2, -0.15) is 0 Å². The molecule has 27 heavy (non-hydrogen) atoms. The molecule has 2 aromatic rings. The number of β-amino-alcohol motifs (C(OH)–C–C–N with tert-alkyl or cyclic N) is 1. The van der Waals surface area contributed by atoms with Gasteiger partial charge < -0.3 is 14.6 Å². The Kier molecular flexibility index (Phi) is 5.24. The zero-order valence-electron chi connectivity index (χ0n) is 16.4. The molecule has 1 amide bonds. The molecular weight excluding hydrogens is 338 g/mol. The second kappa shape index (κ2) is 7.64. The Hall–Kier alpha value is -1.85. The topological polar surface area (TPSA) is 48.7 Å². The zero-order chi connectivity index (χ0) is 18.9. The number of aryl methyl sites for hydroxylation is 1. The van der Waals surface area contributed by atoms with E-state index < -0.39 is 0 Å². The summed E-state index contributed by atoms with van der Waals surface area (Å²) >= 11 is 0. The van der Waals surface area contributed by atoms with Gasteiger partial charge in [0.25, 0.3) is 0 Å². The van der Waals surface area contributed by atoms with E-state index >= 15 is 0 Å². The molecule has 0 unspecified atom stereocenters. The molecule has 5 nitrogen and oxygen atoms in total. The van der Waals surface area contributed by atoms with Gasteiger partial charge in [0.2, 0.25) is 5.91 Å². The van der Waals surface area contributed by atoms with E-state index in [-0.39, 0.29) is 17.9 Å². The van der Waals surface area contributed by atoms with E-state index in [0.717, 1.165) is 39.1 Å². The number of carbonyl (C=O) groups excluding carboxylic acids is 1. The third kappa shape index (κ3) is 3.63. The molecule has 5 heteroatoms. The van der Waals surface area contributed by atoms with Gasteiger partial charge >= 0.3 is 0 Å². The fourth-order valence-electron chi connectivity index (χ4n) is 5.15. The van der Waals surface area contributed by atoms with Crippen molar-refractivity contribution in [2.75, 3.05) is 32.8 Å². The normalized spacial score (nSPS) is 24.2. The lowest BCUT2D eigenvalue weighted by Crippen LogP contribution is -2.54. The number of nitrogens with zero attached hydrogens (tertiary/aromatic N) is 3. The summed E-state index contributed by atoms with van der Waals surface area (Å²) in [5.41, 5.74) is 2.92. The minimum Gasteiger partial charge on any atom is -0.395 e. The second-order valence-corrected chi connectivity index (χ2v) is 8.30. The van der Waals surface area contributed by atoms with E-state index in [9.17, 15) is 9.90 Å². The Balaban J connectivity index is 1.51. The van der Waals surface area contributed by atoms with Crippen LogP contribution in [0.5, 0.6) is 0 Å². The summed E-state index contributed by atoms with van der Waals surface area (Å²) in [6, 6.07) is 8.88. The van der Waals surface area contributed by atoms with Crippen LogP contribution in [-0.2, 0) is 17.9 Å². The van der Waals surface area contributed by atoms with E-state index in [2.05, 4.69) is 46.9 Å². The van der Waals surface area contributed by atoms with E-state index in [1.807, 2.05) is 4.90 Å². The first-order chi connectivity index (χ1) is 13.1. The van der Waals surface area contributed by atoms with Gasteiger partial charge in [0, 0.05) is 61.7 Å². The first kappa shape index (κ1) is 18.5. The largest absolute Gasteiger partial charge is 0.395 e. The summed E-state index contributed by atoms with van der Waals surface area (Å²) in [5.74, 6) is 0.206. The lowest BCUT2D eigenvalue weighted by molar-refractivity contribution is -0.140. The van der Waals surface area contributed by atoms with Crippen molar-refractivity contribution in [2.45, 2.75) is 45.7 Å². The molecule has 1 atom stereocenters. The van der Waals surface area contributed by atoms with Crippen LogP contribution < -0.4 is 0 Å². The molecule has 0 bridgehead atoms. The Labute approximate surface area is 161 Å². The summed E-state index contributed by atoms with van der Waals surface area (Å²) in [7, 11) is 0. The molecule has 2 aliphatic heterocycles. The van der Waals surface area contributed by atoms with Crippen molar-refractivity contribution in [1.82, 2.24) is 14.4 Å². The maximum Gasteiger partial charge on any atom is 0.222 e. The minimum atomic E-state index is 0.0575. The molecule has 2 saturated heterocycles. The Morgan fingerprint density at radius 1 is 1.19 bits per heavy atom. The molecule has 3 heterocycles. The van der Waals surface area contributed by atoms with Crippen LogP contribution in [0.4, 0.5) is 0 Å². The van der Waals surface area contributed by atoms with Gasteiger partial charge in [-0.25, -0.2) is 0 Å². The van der Waals surface area contributed by atoms with Gasteiger partial charge in [-0.1, -0.05) is 12.1 Å².